The number of morpholine rings is 1. The summed E-state index contributed by atoms with van der Waals surface area (Å²) in [4.78, 5) is 27.2. The second kappa shape index (κ2) is 7.86. The van der Waals surface area contributed by atoms with E-state index in [1.807, 2.05) is 49.4 Å². The molecule has 1 N–H and O–H groups in total. The fourth-order valence-corrected chi connectivity index (χ4v) is 4.38. The molecule has 4 aromatic heterocycles. The zero-order chi connectivity index (χ0) is 22.4. The first kappa shape index (κ1) is 19.7. The first-order chi connectivity index (χ1) is 16.2. The van der Waals surface area contributed by atoms with Crippen molar-refractivity contribution in [3.8, 4) is 22.6 Å². The highest BCUT2D eigenvalue weighted by Crippen LogP contribution is 2.35. The van der Waals surface area contributed by atoms with Gasteiger partial charge in [-0.2, -0.15) is 0 Å². The molecule has 0 unspecified atom stereocenters. The summed E-state index contributed by atoms with van der Waals surface area (Å²) in [6.45, 7) is 4.51. The van der Waals surface area contributed by atoms with Gasteiger partial charge in [0, 0.05) is 35.6 Å². The summed E-state index contributed by atoms with van der Waals surface area (Å²) in [7, 11) is 0. The van der Waals surface area contributed by atoms with Crippen LogP contribution in [-0.2, 0) is 4.74 Å². The van der Waals surface area contributed by atoms with Crippen molar-refractivity contribution in [2.24, 2.45) is 0 Å². The number of benzene rings is 1. The number of nitrogens with zero attached hydrogens (tertiary/aromatic N) is 3. The number of aromatic nitrogens is 3. The molecule has 0 atom stereocenters. The summed E-state index contributed by atoms with van der Waals surface area (Å²) in [6, 6.07) is 18.0. The Kier molecular flexibility index (Phi) is 4.69. The molecule has 1 aliphatic rings. The summed E-state index contributed by atoms with van der Waals surface area (Å²) in [6.07, 6.45) is 1.79. The van der Waals surface area contributed by atoms with Gasteiger partial charge in [-0.05, 0) is 55.0 Å². The summed E-state index contributed by atoms with van der Waals surface area (Å²) in [5.41, 5.74) is 4.59. The highest BCUT2D eigenvalue weighted by atomic mass is 16.5. The number of hydrogen-bond donors (Lipinski definition) is 1. The number of furan rings is 1. The van der Waals surface area contributed by atoms with Crippen LogP contribution in [0.25, 0.3) is 44.5 Å². The quantitative estimate of drug-likeness (QED) is 0.445. The SMILES string of the molecule is Cc1ccc(-c2nc3[nH]c(=O)c(N4CCOCC4)cc3cc2-c2ccc3ncccc3c2)o1. The lowest BCUT2D eigenvalue weighted by atomic mass is 9.99. The van der Waals surface area contributed by atoms with Crippen LogP contribution in [0.2, 0.25) is 0 Å². The summed E-state index contributed by atoms with van der Waals surface area (Å²) in [5, 5.41) is 1.91. The standard InChI is InChI=1S/C26H22N4O3/c1-16-4-7-23(33-16)24-20(17-5-6-21-18(13-17)3-2-8-27-21)14-19-15-22(26(31)29-25(19)28-24)30-9-11-32-12-10-30/h2-8,13-15H,9-12H2,1H3,(H,28,29,31). The molecule has 0 saturated carbocycles. The summed E-state index contributed by atoms with van der Waals surface area (Å²) < 4.78 is 11.4. The van der Waals surface area contributed by atoms with Crippen LogP contribution in [0.3, 0.4) is 0 Å². The van der Waals surface area contributed by atoms with Crippen LogP contribution >= 0.6 is 0 Å². The van der Waals surface area contributed by atoms with Gasteiger partial charge in [-0.25, -0.2) is 4.98 Å². The number of H-pyrrole nitrogens is 1. The van der Waals surface area contributed by atoms with E-state index in [4.69, 9.17) is 14.1 Å². The van der Waals surface area contributed by atoms with Crippen LogP contribution in [0.4, 0.5) is 5.69 Å². The maximum atomic E-state index is 12.9. The number of fused-ring (bicyclic) bond motifs is 2. The fourth-order valence-electron chi connectivity index (χ4n) is 4.38. The molecule has 5 heterocycles. The third-order valence-corrected chi connectivity index (χ3v) is 6.05. The molecule has 1 aromatic carbocycles. The molecule has 0 amide bonds. The van der Waals surface area contributed by atoms with E-state index in [2.05, 4.69) is 27.0 Å². The van der Waals surface area contributed by atoms with Crippen molar-refractivity contribution in [2.75, 3.05) is 31.2 Å². The van der Waals surface area contributed by atoms with Crippen LogP contribution in [0, 0.1) is 6.92 Å². The Morgan fingerprint density at radius 1 is 1.00 bits per heavy atom. The maximum absolute atomic E-state index is 12.9. The van der Waals surface area contributed by atoms with Gasteiger partial charge in [0.1, 0.15) is 22.8 Å². The zero-order valence-electron chi connectivity index (χ0n) is 18.2. The molecule has 6 rings (SSSR count). The monoisotopic (exact) mass is 438 g/mol. The van der Waals surface area contributed by atoms with Crippen LogP contribution in [0.5, 0.6) is 0 Å². The lowest BCUT2D eigenvalue weighted by Gasteiger charge is -2.28. The molecule has 1 aliphatic heterocycles. The number of rotatable bonds is 3. The Morgan fingerprint density at radius 2 is 1.88 bits per heavy atom. The molecule has 0 radical (unpaired) electrons. The van der Waals surface area contributed by atoms with Gasteiger partial charge in [0.15, 0.2) is 5.76 Å². The van der Waals surface area contributed by atoms with E-state index < -0.39 is 0 Å². The molecule has 33 heavy (non-hydrogen) atoms. The van der Waals surface area contributed by atoms with E-state index >= 15 is 0 Å². The Bertz CT molecular complexity index is 1550. The number of aryl methyl sites for hydroxylation is 1. The normalized spacial score (nSPS) is 14.3. The summed E-state index contributed by atoms with van der Waals surface area (Å²) in [5.74, 6) is 1.46. The second-order valence-corrected chi connectivity index (χ2v) is 8.23. The molecule has 7 heteroatoms. The van der Waals surface area contributed by atoms with Gasteiger partial charge in [-0.1, -0.05) is 12.1 Å². The molecule has 1 saturated heterocycles. The van der Waals surface area contributed by atoms with Gasteiger partial charge in [0.2, 0.25) is 0 Å². The number of nitrogens with one attached hydrogen (secondary N) is 1. The van der Waals surface area contributed by atoms with E-state index in [1.54, 1.807) is 6.20 Å². The van der Waals surface area contributed by atoms with Crippen molar-refractivity contribution in [3.63, 3.8) is 0 Å². The van der Waals surface area contributed by atoms with Gasteiger partial charge in [-0.3, -0.25) is 9.78 Å². The minimum Gasteiger partial charge on any atom is -0.460 e. The van der Waals surface area contributed by atoms with Gasteiger partial charge < -0.3 is 19.0 Å². The second-order valence-electron chi connectivity index (χ2n) is 8.23. The first-order valence-corrected chi connectivity index (χ1v) is 11.0. The predicted molar refractivity (Wildman–Crippen MR) is 129 cm³/mol. The average molecular weight is 438 g/mol. The molecular formula is C26H22N4O3. The molecule has 0 bridgehead atoms. The van der Waals surface area contributed by atoms with Gasteiger partial charge in [0.05, 0.1) is 18.7 Å². The van der Waals surface area contributed by atoms with Crippen LogP contribution < -0.4 is 10.5 Å². The van der Waals surface area contributed by atoms with Gasteiger partial charge in [-0.15, -0.1) is 0 Å². The molecule has 5 aromatic rings. The van der Waals surface area contributed by atoms with Gasteiger partial charge >= 0.3 is 0 Å². The minimum absolute atomic E-state index is 0.150. The number of aromatic amines is 1. The Hall–Kier alpha value is -3.97. The van der Waals surface area contributed by atoms with Crippen LogP contribution in [0.1, 0.15) is 5.76 Å². The zero-order valence-corrected chi connectivity index (χ0v) is 18.2. The minimum atomic E-state index is -0.150. The van der Waals surface area contributed by atoms with E-state index in [0.29, 0.717) is 49.1 Å². The molecule has 0 aliphatic carbocycles. The Labute approximate surface area is 189 Å². The smallest absolute Gasteiger partial charge is 0.273 e. The molecule has 1 fully saturated rings. The fraction of sp³-hybridized carbons (Fsp3) is 0.192. The van der Waals surface area contributed by atoms with E-state index in [9.17, 15) is 4.79 Å². The van der Waals surface area contributed by atoms with Crippen molar-refractivity contribution in [2.45, 2.75) is 6.92 Å². The lowest BCUT2D eigenvalue weighted by Crippen LogP contribution is -2.39. The highest BCUT2D eigenvalue weighted by Gasteiger charge is 2.19. The summed E-state index contributed by atoms with van der Waals surface area (Å²) >= 11 is 0. The largest absolute Gasteiger partial charge is 0.460 e. The number of ether oxygens (including phenoxy) is 1. The van der Waals surface area contributed by atoms with Crippen molar-refractivity contribution in [1.29, 1.82) is 0 Å². The Morgan fingerprint density at radius 3 is 2.70 bits per heavy atom. The predicted octanol–water partition coefficient (Wildman–Crippen LogP) is 4.54. The first-order valence-electron chi connectivity index (χ1n) is 11.0. The number of pyridine rings is 3. The van der Waals surface area contributed by atoms with E-state index in [1.165, 1.54) is 0 Å². The van der Waals surface area contributed by atoms with E-state index in [0.717, 1.165) is 33.2 Å². The van der Waals surface area contributed by atoms with Crippen LogP contribution in [-0.4, -0.2) is 41.3 Å². The van der Waals surface area contributed by atoms with Gasteiger partial charge in [0.25, 0.3) is 5.56 Å². The third kappa shape index (κ3) is 3.56. The number of anilines is 1. The van der Waals surface area contributed by atoms with Crippen molar-refractivity contribution >= 4 is 27.6 Å². The van der Waals surface area contributed by atoms with Crippen molar-refractivity contribution in [1.82, 2.24) is 15.0 Å². The highest BCUT2D eigenvalue weighted by molar-refractivity contribution is 5.93. The Balaban J connectivity index is 1.58. The molecular weight excluding hydrogens is 416 g/mol. The maximum Gasteiger partial charge on any atom is 0.273 e. The van der Waals surface area contributed by atoms with Crippen molar-refractivity contribution < 1.29 is 9.15 Å². The van der Waals surface area contributed by atoms with Crippen molar-refractivity contribution in [3.05, 3.63) is 76.9 Å². The van der Waals surface area contributed by atoms with Crippen LogP contribution in [0.15, 0.2) is 70.0 Å². The molecule has 7 nitrogen and oxygen atoms in total. The number of hydrogen-bond acceptors (Lipinski definition) is 6. The van der Waals surface area contributed by atoms with E-state index in [-0.39, 0.29) is 5.56 Å². The topological polar surface area (TPSA) is 84.2 Å². The molecule has 164 valence electrons. The third-order valence-electron chi connectivity index (χ3n) is 6.05. The lowest BCUT2D eigenvalue weighted by molar-refractivity contribution is 0.122. The average Bonchev–Trinajstić information content (AvgIpc) is 3.29. The molecule has 0 spiro atoms.